The lowest BCUT2D eigenvalue weighted by Gasteiger charge is -2.21. The fourth-order valence-corrected chi connectivity index (χ4v) is 2.67. The van der Waals surface area contributed by atoms with Crippen molar-refractivity contribution in [3.63, 3.8) is 0 Å². The van der Waals surface area contributed by atoms with E-state index in [0.717, 1.165) is 6.54 Å². The molecule has 1 aliphatic rings. The van der Waals surface area contributed by atoms with Gasteiger partial charge in [0, 0.05) is 30.4 Å². The van der Waals surface area contributed by atoms with Crippen molar-refractivity contribution in [2.24, 2.45) is 0 Å². The summed E-state index contributed by atoms with van der Waals surface area (Å²) in [6.45, 7) is 5.33. The van der Waals surface area contributed by atoms with Gasteiger partial charge in [0.05, 0.1) is 6.20 Å². The summed E-state index contributed by atoms with van der Waals surface area (Å²) in [6.07, 6.45) is 12.4. The molecule has 0 aromatic carbocycles. The van der Waals surface area contributed by atoms with Crippen LogP contribution in [0.5, 0.6) is 0 Å². The number of rotatable bonds is 4. The van der Waals surface area contributed by atoms with E-state index in [1.54, 1.807) is 0 Å². The smallest absolute Gasteiger partial charge is 0.0537 e. The molecule has 1 fully saturated rings. The van der Waals surface area contributed by atoms with Crippen molar-refractivity contribution in [1.29, 1.82) is 0 Å². The Balaban J connectivity index is 1.88. The molecule has 1 aromatic rings. The van der Waals surface area contributed by atoms with Crippen LogP contribution in [0.2, 0.25) is 0 Å². The molecule has 1 aromatic heterocycles. The minimum atomic E-state index is 0.429. The lowest BCUT2D eigenvalue weighted by molar-refractivity contribution is 0.414. The van der Waals surface area contributed by atoms with Crippen molar-refractivity contribution in [2.45, 2.75) is 71.0 Å². The topological polar surface area (TPSA) is 29.9 Å². The van der Waals surface area contributed by atoms with Crippen LogP contribution in [0.3, 0.4) is 0 Å². The molecule has 3 nitrogen and oxygen atoms in total. The quantitative estimate of drug-likeness (QED) is 0.812. The van der Waals surface area contributed by atoms with Gasteiger partial charge in [-0.15, -0.1) is 0 Å². The van der Waals surface area contributed by atoms with Gasteiger partial charge in [0.15, 0.2) is 0 Å². The van der Waals surface area contributed by atoms with Gasteiger partial charge in [-0.2, -0.15) is 5.10 Å². The molecule has 1 saturated carbocycles. The third kappa shape index (κ3) is 3.56. The predicted octanol–water partition coefficient (Wildman–Crippen LogP) is 3.28. The van der Waals surface area contributed by atoms with Crippen LogP contribution in [0.1, 0.15) is 64.0 Å². The molecule has 96 valence electrons. The molecule has 1 N–H and O–H groups in total. The van der Waals surface area contributed by atoms with Gasteiger partial charge >= 0.3 is 0 Å². The van der Waals surface area contributed by atoms with Crippen LogP contribution in [0.25, 0.3) is 0 Å². The van der Waals surface area contributed by atoms with E-state index in [1.807, 2.05) is 10.9 Å². The maximum atomic E-state index is 4.34. The summed E-state index contributed by atoms with van der Waals surface area (Å²) in [4.78, 5) is 0. The Kier molecular flexibility index (Phi) is 4.60. The van der Waals surface area contributed by atoms with E-state index in [0.29, 0.717) is 12.1 Å². The number of aromatic nitrogens is 2. The van der Waals surface area contributed by atoms with Crippen molar-refractivity contribution in [3.8, 4) is 0 Å². The third-order valence-corrected chi connectivity index (χ3v) is 3.82. The van der Waals surface area contributed by atoms with E-state index < -0.39 is 0 Å². The summed E-state index contributed by atoms with van der Waals surface area (Å²) in [5.74, 6) is 0. The average molecular weight is 235 g/mol. The molecule has 0 amide bonds. The average Bonchev–Trinajstić information content (AvgIpc) is 2.68. The fourth-order valence-electron chi connectivity index (χ4n) is 2.67. The van der Waals surface area contributed by atoms with Crippen LogP contribution < -0.4 is 5.32 Å². The first-order chi connectivity index (χ1) is 8.29. The summed E-state index contributed by atoms with van der Waals surface area (Å²) in [5, 5.41) is 8.10. The molecule has 1 atom stereocenters. The van der Waals surface area contributed by atoms with Crippen molar-refractivity contribution >= 4 is 0 Å². The van der Waals surface area contributed by atoms with E-state index in [-0.39, 0.29) is 0 Å². The van der Waals surface area contributed by atoms with Gasteiger partial charge in [0.1, 0.15) is 0 Å². The Hall–Kier alpha value is -0.830. The number of hydrogen-bond acceptors (Lipinski definition) is 2. The zero-order valence-corrected chi connectivity index (χ0v) is 11.2. The van der Waals surface area contributed by atoms with E-state index in [1.165, 1.54) is 44.1 Å². The van der Waals surface area contributed by atoms with Crippen molar-refractivity contribution < 1.29 is 0 Å². The van der Waals surface area contributed by atoms with Crippen LogP contribution in [0.4, 0.5) is 0 Å². The van der Waals surface area contributed by atoms with Crippen LogP contribution in [-0.2, 0) is 6.54 Å². The van der Waals surface area contributed by atoms with Gasteiger partial charge in [-0.05, 0) is 26.7 Å². The molecule has 1 aliphatic carbocycles. The maximum absolute atomic E-state index is 4.34. The lowest BCUT2D eigenvalue weighted by atomic mass is 10.1. The molecule has 2 rings (SSSR count). The third-order valence-electron chi connectivity index (χ3n) is 3.82. The maximum Gasteiger partial charge on any atom is 0.0537 e. The predicted molar refractivity (Wildman–Crippen MR) is 70.9 cm³/mol. The first-order valence-electron chi connectivity index (χ1n) is 7.08. The molecule has 1 unspecified atom stereocenters. The minimum Gasteiger partial charge on any atom is -0.307 e. The second kappa shape index (κ2) is 6.20. The first-order valence-corrected chi connectivity index (χ1v) is 7.08. The standard InChI is InChI=1S/C14H25N3/c1-3-17-11-13(10-15-17)12(2)16-14-8-6-4-5-7-9-14/h10-12,14,16H,3-9H2,1-2H3. The Morgan fingerprint density at radius 2 is 2.06 bits per heavy atom. The van der Waals surface area contributed by atoms with Crippen molar-refractivity contribution in [1.82, 2.24) is 15.1 Å². The highest BCUT2D eigenvalue weighted by Crippen LogP contribution is 2.20. The van der Waals surface area contributed by atoms with E-state index in [9.17, 15) is 0 Å². The number of aryl methyl sites for hydroxylation is 1. The summed E-state index contributed by atoms with van der Waals surface area (Å²) < 4.78 is 2.00. The molecular formula is C14H25N3. The Labute approximate surface area is 105 Å². The van der Waals surface area contributed by atoms with Gasteiger partial charge in [0.2, 0.25) is 0 Å². The summed E-state index contributed by atoms with van der Waals surface area (Å²) in [5.41, 5.74) is 1.32. The molecule has 0 radical (unpaired) electrons. The number of nitrogens with zero attached hydrogens (tertiary/aromatic N) is 2. The van der Waals surface area contributed by atoms with Crippen LogP contribution in [0.15, 0.2) is 12.4 Å². The van der Waals surface area contributed by atoms with Gasteiger partial charge in [-0.25, -0.2) is 0 Å². The van der Waals surface area contributed by atoms with Crippen LogP contribution >= 0.6 is 0 Å². The highest BCUT2D eigenvalue weighted by atomic mass is 15.3. The molecule has 0 bridgehead atoms. The summed E-state index contributed by atoms with van der Waals surface area (Å²) >= 11 is 0. The molecule has 17 heavy (non-hydrogen) atoms. The molecule has 1 heterocycles. The van der Waals surface area contributed by atoms with Gasteiger partial charge in [0.25, 0.3) is 0 Å². The van der Waals surface area contributed by atoms with E-state index in [2.05, 4.69) is 30.5 Å². The normalized spacial score (nSPS) is 20.1. The van der Waals surface area contributed by atoms with Gasteiger partial charge in [-0.3, -0.25) is 4.68 Å². The van der Waals surface area contributed by atoms with Gasteiger partial charge in [-0.1, -0.05) is 25.7 Å². The molecule has 0 aliphatic heterocycles. The summed E-state index contributed by atoms with van der Waals surface area (Å²) in [6, 6.07) is 1.14. The Bertz CT molecular complexity index is 324. The monoisotopic (exact) mass is 235 g/mol. The van der Waals surface area contributed by atoms with Gasteiger partial charge < -0.3 is 5.32 Å². The van der Waals surface area contributed by atoms with Crippen molar-refractivity contribution in [3.05, 3.63) is 18.0 Å². The minimum absolute atomic E-state index is 0.429. The SMILES string of the molecule is CCn1cc(C(C)NC2CCCCCC2)cn1. The number of nitrogens with one attached hydrogen (secondary N) is 1. The van der Waals surface area contributed by atoms with Crippen LogP contribution in [-0.4, -0.2) is 15.8 Å². The molecule has 0 spiro atoms. The van der Waals surface area contributed by atoms with E-state index in [4.69, 9.17) is 0 Å². The Morgan fingerprint density at radius 3 is 2.65 bits per heavy atom. The highest BCUT2D eigenvalue weighted by molar-refractivity contribution is 5.09. The second-order valence-electron chi connectivity index (χ2n) is 5.21. The Morgan fingerprint density at radius 1 is 1.35 bits per heavy atom. The molecule has 3 heteroatoms. The lowest BCUT2D eigenvalue weighted by Crippen LogP contribution is -2.30. The largest absolute Gasteiger partial charge is 0.307 e. The summed E-state index contributed by atoms with van der Waals surface area (Å²) in [7, 11) is 0. The van der Waals surface area contributed by atoms with Crippen molar-refractivity contribution in [2.75, 3.05) is 0 Å². The zero-order chi connectivity index (χ0) is 12.1. The fraction of sp³-hybridized carbons (Fsp3) is 0.786. The van der Waals surface area contributed by atoms with E-state index >= 15 is 0 Å². The second-order valence-corrected chi connectivity index (χ2v) is 5.21. The zero-order valence-electron chi connectivity index (χ0n) is 11.2. The molecule has 0 saturated heterocycles. The highest BCUT2D eigenvalue weighted by Gasteiger charge is 2.16. The van der Waals surface area contributed by atoms with Crippen LogP contribution in [0, 0.1) is 0 Å². The first kappa shape index (κ1) is 12.6. The number of hydrogen-bond donors (Lipinski definition) is 1. The molecular weight excluding hydrogens is 210 g/mol.